The molecule has 33 heavy (non-hydrogen) atoms. The number of allylic oxidation sites excluding steroid dienone is 4. The van der Waals surface area contributed by atoms with Crippen molar-refractivity contribution in [3.8, 4) is 0 Å². The second-order valence-electron chi connectivity index (χ2n) is 10.3. The Bertz CT molecular complexity index is 1000. The molecule has 180 valence electrons. The normalized spacial score (nSPS) is 45.2. The van der Waals surface area contributed by atoms with Gasteiger partial charge in [0.15, 0.2) is 23.7 Å². The number of ether oxygens (including phenoxy) is 1. The highest BCUT2D eigenvalue weighted by molar-refractivity contribution is 6.01. The fourth-order valence-corrected chi connectivity index (χ4v) is 7.08. The number of hydrogen-bond acceptors (Lipinski definition) is 6. The quantitative estimate of drug-likeness (QED) is 0.621. The minimum Gasteiger partial charge on any atom is -0.458 e. The van der Waals surface area contributed by atoms with Crippen molar-refractivity contribution in [3.63, 3.8) is 0 Å². The number of fused-ring (bicyclic) bond motifs is 5. The van der Waals surface area contributed by atoms with Crippen molar-refractivity contribution in [2.45, 2.75) is 70.2 Å². The molecule has 2 N–H and O–H groups in total. The first-order valence-electron chi connectivity index (χ1n) is 11.4. The van der Waals surface area contributed by atoms with Gasteiger partial charge in [-0.05, 0) is 56.3 Å². The van der Waals surface area contributed by atoms with Crippen LogP contribution in [0.3, 0.4) is 0 Å². The molecule has 4 aliphatic rings. The first kappa shape index (κ1) is 24.0. The molecule has 3 fully saturated rings. The highest BCUT2D eigenvalue weighted by Crippen LogP contribution is 2.70. The number of ketones is 2. The Labute approximate surface area is 191 Å². The Morgan fingerprint density at radius 3 is 2.64 bits per heavy atom. The summed E-state index contributed by atoms with van der Waals surface area (Å²) in [7, 11) is 0. The van der Waals surface area contributed by atoms with E-state index in [1.165, 1.54) is 18.2 Å². The first-order valence-corrected chi connectivity index (χ1v) is 11.4. The summed E-state index contributed by atoms with van der Waals surface area (Å²) in [4.78, 5) is 36.6. The van der Waals surface area contributed by atoms with Crippen LogP contribution >= 0.6 is 0 Å². The highest BCUT2D eigenvalue weighted by Gasteiger charge is 2.75. The van der Waals surface area contributed by atoms with Gasteiger partial charge in [0.1, 0.15) is 0 Å². The molecule has 0 aliphatic heterocycles. The predicted octanol–water partition coefficient (Wildman–Crippen LogP) is 3.07. The van der Waals surface area contributed by atoms with Crippen LogP contribution in [0.1, 0.15) is 52.9 Å². The third-order valence-corrected chi connectivity index (χ3v) is 8.95. The molecule has 6 nitrogen and oxygen atoms in total. The molecule has 3 saturated carbocycles. The van der Waals surface area contributed by atoms with Crippen LogP contribution in [0.15, 0.2) is 35.7 Å². The van der Waals surface area contributed by atoms with Crippen LogP contribution in [0.2, 0.25) is 0 Å². The van der Waals surface area contributed by atoms with Gasteiger partial charge in [0.05, 0.1) is 12.4 Å². The number of Topliss-reactive ketones (excluding diaryl/α,β-unsaturated/α-hetero) is 1. The lowest BCUT2D eigenvalue weighted by atomic mass is 9.44. The van der Waals surface area contributed by atoms with Gasteiger partial charge in [0, 0.05) is 23.2 Å². The van der Waals surface area contributed by atoms with Crippen molar-refractivity contribution in [2.24, 2.45) is 22.7 Å². The number of carbonyl (C=O) groups excluding carboxylic acids is 3. The molecule has 0 amide bonds. The molecule has 4 rings (SSSR count). The van der Waals surface area contributed by atoms with E-state index in [1.54, 1.807) is 20.8 Å². The lowest BCUT2D eigenvalue weighted by Crippen LogP contribution is -2.69. The van der Waals surface area contributed by atoms with Gasteiger partial charge in [-0.3, -0.25) is 14.4 Å². The Morgan fingerprint density at radius 2 is 2.00 bits per heavy atom. The average molecular weight is 465 g/mol. The van der Waals surface area contributed by atoms with Gasteiger partial charge in [-0.25, -0.2) is 8.78 Å². The standard InChI is InChI=1S/C25H30F2O6/c1-4-21(31)33-13-20(30)25(32)15(12-26)10-18-17-6-5-14-9-16(28)7-8-22(14,2)24(17,27)19(29)11-23(18,25)3/h7-9,12,17-19,29,32H,4-6,10-11,13H2,1-3H3/t17-,18-,19-,22-,23-,24-,25-/m0/s1. The third-order valence-electron chi connectivity index (χ3n) is 8.95. The van der Waals surface area contributed by atoms with E-state index in [0.29, 0.717) is 12.0 Å². The van der Waals surface area contributed by atoms with E-state index < -0.39 is 58.4 Å². The van der Waals surface area contributed by atoms with E-state index in [4.69, 9.17) is 4.74 Å². The number of hydrogen-bond donors (Lipinski definition) is 2. The second kappa shape index (κ2) is 7.67. The van der Waals surface area contributed by atoms with Gasteiger partial charge in [-0.2, -0.15) is 0 Å². The molecule has 8 heteroatoms. The van der Waals surface area contributed by atoms with Crippen molar-refractivity contribution in [3.05, 3.63) is 35.7 Å². The van der Waals surface area contributed by atoms with E-state index in [0.717, 1.165) is 0 Å². The molecule has 0 aromatic heterocycles. The summed E-state index contributed by atoms with van der Waals surface area (Å²) < 4.78 is 36.0. The summed E-state index contributed by atoms with van der Waals surface area (Å²) in [5.41, 5.74) is -6.68. The van der Waals surface area contributed by atoms with Crippen molar-refractivity contribution in [1.29, 1.82) is 0 Å². The number of halogens is 2. The van der Waals surface area contributed by atoms with E-state index in [9.17, 15) is 29.0 Å². The summed E-state index contributed by atoms with van der Waals surface area (Å²) in [5.74, 6) is -3.19. The fraction of sp³-hybridized carbons (Fsp3) is 0.640. The molecule has 0 aromatic rings. The molecular weight excluding hydrogens is 434 g/mol. The zero-order valence-electron chi connectivity index (χ0n) is 19.1. The summed E-state index contributed by atoms with van der Waals surface area (Å²) in [6.07, 6.45) is 3.21. The second-order valence-corrected chi connectivity index (χ2v) is 10.3. The predicted molar refractivity (Wildman–Crippen MR) is 114 cm³/mol. The zero-order chi connectivity index (χ0) is 24.4. The smallest absolute Gasteiger partial charge is 0.305 e. The number of aliphatic hydroxyl groups excluding tert-OH is 1. The van der Waals surface area contributed by atoms with Crippen LogP contribution in [0, 0.1) is 22.7 Å². The minimum absolute atomic E-state index is 0.0347. The topological polar surface area (TPSA) is 101 Å². The lowest BCUT2D eigenvalue weighted by molar-refractivity contribution is -0.215. The maximum Gasteiger partial charge on any atom is 0.305 e. The lowest BCUT2D eigenvalue weighted by Gasteiger charge is -2.62. The monoisotopic (exact) mass is 464 g/mol. The molecule has 7 atom stereocenters. The van der Waals surface area contributed by atoms with Crippen molar-refractivity contribution in [2.75, 3.05) is 6.61 Å². The summed E-state index contributed by atoms with van der Waals surface area (Å²) in [6.45, 7) is 4.05. The van der Waals surface area contributed by atoms with E-state index >= 15 is 4.39 Å². The summed E-state index contributed by atoms with van der Waals surface area (Å²) in [5, 5.41) is 22.9. The van der Waals surface area contributed by atoms with Crippen molar-refractivity contribution >= 4 is 17.5 Å². The minimum atomic E-state index is -2.34. The number of alkyl halides is 1. The van der Waals surface area contributed by atoms with Crippen molar-refractivity contribution < 1.29 is 38.1 Å². The first-order chi connectivity index (χ1) is 15.4. The molecule has 0 heterocycles. The van der Waals surface area contributed by atoms with E-state index in [1.807, 2.05) is 0 Å². The Morgan fingerprint density at radius 1 is 1.30 bits per heavy atom. The number of carbonyl (C=O) groups is 3. The molecule has 4 aliphatic carbocycles. The van der Waals surface area contributed by atoms with Crippen LogP contribution in [-0.2, 0) is 19.1 Å². The van der Waals surface area contributed by atoms with E-state index in [2.05, 4.69) is 0 Å². The van der Waals surface area contributed by atoms with Crippen LogP contribution in [0.25, 0.3) is 0 Å². The Kier molecular flexibility index (Phi) is 5.56. The maximum absolute atomic E-state index is 17.0. The Balaban J connectivity index is 1.77. The number of esters is 1. The number of rotatable bonds is 4. The molecule has 0 unspecified atom stereocenters. The third kappa shape index (κ3) is 2.92. The molecule has 0 saturated heterocycles. The molecule has 0 spiro atoms. The summed E-state index contributed by atoms with van der Waals surface area (Å²) in [6, 6.07) is 0. The van der Waals surface area contributed by atoms with E-state index in [-0.39, 0.29) is 43.4 Å². The van der Waals surface area contributed by atoms with Gasteiger partial charge >= 0.3 is 5.97 Å². The Hall–Kier alpha value is -2.19. The summed E-state index contributed by atoms with van der Waals surface area (Å²) >= 11 is 0. The highest BCUT2D eigenvalue weighted by atomic mass is 19.1. The zero-order valence-corrected chi connectivity index (χ0v) is 19.1. The SMILES string of the molecule is CCC(=O)OCC(=O)[C@@]1(O)C(=CF)C[C@H]2[C@@H]3CCC4=CC(=O)C=C[C@]4(C)[C@@]3(F)[C@@H](O)C[C@@]21C. The average Bonchev–Trinajstić information content (AvgIpc) is 3.01. The maximum atomic E-state index is 17.0. The van der Waals surface area contributed by atoms with Gasteiger partial charge in [-0.15, -0.1) is 0 Å². The van der Waals surface area contributed by atoms with Crippen molar-refractivity contribution in [1.82, 2.24) is 0 Å². The van der Waals surface area contributed by atoms with Crippen LogP contribution in [0.4, 0.5) is 8.78 Å². The molecule has 0 radical (unpaired) electrons. The van der Waals surface area contributed by atoms with Gasteiger partial charge in [0.25, 0.3) is 0 Å². The molecule has 0 bridgehead atoms. The van der Waals surface area contributed by atoms with Crippen LogP contribution in [0.5, 0.6) is 0 Å². The number of aliphatic hydroxyl groups is 2. The fourth-order valence-electron chi connectivity index (χ4n) is 7.08. The van der Waals surface area contributed by atoms with Gasteiger partial charge in [-0.1, -0.05) is 25.5 Å². The van der Waals surface area contributed by atoms with Crippen LogP contribution in [-0.4, -0.2) is 51.7 Å². The van der Waals surface area contributed by atoms with Crippen LogP contribution < -0.4 is 0 Å². The van der Waals surface area contributed by atoms with Gasteiger partial charge < -0.3 is 14.9 Å². The molecule has 0 aromatic carbocycles. The largest absolute Gasteiger partial charge is 0.458 e. The molecular formula is C25H30F2O6. The van der Waals surface area contributed by atoms with Gasteiger partial charge in [0.2, 0.25) is 5.78 Å².